The third-order valence-electron chi connectivity index (χ3n) is 3.61. The van der Waals surface area contributed by atoms with E-state index >= 15 is 0 Å². The number of amides is 1. The maximum Gasteiger partial charge on any atom is 0.253 e. The zero-order valence-electron chi connectivity index (χ0n) is 11.8. The molecule has 1 aromatic carbocycles. The molecule has 2 N–H and O–H groups in total. The van der Waals surface area contributed by atoms with Gasteiger partial charge in [-0.15, -0.1) is 0 Å². The first kappa shape index (κ1) is 15.5. The molecule has 5 heteroatoms. The Labute approximate surface area is 123 Å². The van der Waals surface area contributed by atoms with Gasteiger partial charge in [-0.3, -0.25) is 4.79 Å². The monoisotopic (exact) mass is 291 g/mol. The molecule has 0 saturated heterocycles. The van der Waals surface area contributed by atoms with Crippen molar-refractivity contribution in [2.24, 2.45) is 5.92 Å². The lowest BCUT2D eigenvalue weighted by atomic mass is 9.82. The summed E-state index contributed by atoms with van der Waals surface area (Å²) in [7, 11) is 1.67. The molecule has 1 amide bonds. The molecule has 112 valence electrons. The molecule has 0 atom stereocenters. The van der Waals surface area contributed by atoms with Crippen LogP contribution < -0.4 is 0 Å². The van der Waals surface area contributed by atoms with Crippen LogP contribution in [-0.2, 0) is 0 Å². The Morgan fingerprint density at radius 2 is 2.19 bits per heavy atom. The Kier molecular flexibility index (Phi) is 4.94. The molecule has 4 nitrogen and oxygen atoms in total. The third kappa shape index (κ3) is 3.81. The van der Waals surface area contributed by atoms with Crippen molar-refractivity contribution in [1.29, 1.82) is 0 Å². The van der Waals surface area contributed by atoms with Crippen molar-refractivity contribution >= 4 is 5.91 Å². The molecule has 0 aromatic heterocycles. The quantitative estimate of drug-likeness (QED) is 0.817. The number of halogens is 1. The highest BCUT2D eigenvalue weighted by molar-refractivity contribution is 5.94. The molecule has 0 radical (unpaired) electrons. The minimum atomic E-state index is -0.575. The largest absolute Gasteiger partial charge is 0.393 e. The molecule has 2 rings (SSSR count). The molecule has 21 heavy (non-hydrogen) atoms. The highest BCUT2D eigenvalue weighted by Crippen LogP contribution is 2.28. The lowest BCUT2D eigenvalue weighted by Gasteiger charge is -2.34. The van der Waals surface area contributed by atoms with E-state index in [0.29, 0.717) is 25.3 Å². The Morgan fingerprint density at radius 3 is 2.76 bits per heavy atom. The van der Waals surface area contributed by atoms with E-state index in [4.69, 9.17) is 5.11 Å². The van der Waals surface area contributed by atoms with Crippen molar-refractivity contribution in [3.63, 3.8) is 0 Å². The van der Waals surface area contributed by atoms with Gasteiger partial charge >= 0.3 is 0 Å². The molecule has 1 aromatic rings. The summed E-state index contributed by atoms with van der Waals surface area (Å²) in [4.78, 5) is 13.7. The van der Waals surface area contributed by atoms with Crippen LogP contribution in [-0.4, -0.2) is 47.3 Å². The second-order valence-corrected chi connectivity index (χ2v) is 5.33. The van der Waals surface area contributed by atoms with Gasteiger partial charge in [-0.05, 0) is 37.0 Å². The van der Waals surface area contributed by atoms with Crippen molar-refractivity contribution in [2.75, 3.05) is 20.2 Å². The standard InChI is InChI=1S/C16H18FNO3/c1-18(10-11-7-14(20)8-11)16(21)13-5-4-12(3-2-6-19)15(17)9-13/h4-5,9,11,14,19-20H,6-8,10H2,1H3. The third-order valence-corrected chi connectivity index (χ3v) is 3.61. The molecule has 0 aliphatic heterocycles. The Bertz CT molecular complexity index is 585. The first-order valence-electron chi connectivity index (χ1n) is 6.84. The topological polar surface area (TPSA) is 60.8 Å². The van der Waals surface area contributed by atoms with Crippen LogP contribution in [0.15, 0.2) is 18.2 Å². The molecule has 0 bridgehead atoms. The molecular weight excluding hydrogens is 273 g/mol. The molecular formula is C16H18FNO3. The van der Waals surface area contributed by atoms with Crippen molar-refractivity contribution in [3.05, 3.63) is 35.1 Å². The van der Waals surface area contributed by atoms with Gasteiger partial charge in [0.05, 0.1) is 11.7 Å². The van der Waals surface area contributed by atoms with Gasteiger partial charge in [0.15, 0.2) is 0 Å². The van der Waals surface area contributed by atoms with E-state index < -0.39 is 5.82 Å². The molecule has 0 spiro atoms. The van der Waals surface area contributed by atoms with Gasteiger partial charge in [0.1, 0.15) is 12.4 Å². The van der Waals surface area contributed by atoms with E-state index in [2.05, 4.69) is 11.8 Å². The van der Waals surface area contributed by atoms with Crippen molar-refractivity contribution in [1.82, 2.24) is 4.90 Å². The number of carbonyl (C=O) groups is 1. The number of hydrogen-bond acceptors (Lipinski definition) is 3. The smallest absolute Gasteiger partial charge is 0.253 e. The van der Waals surface area contributed by atoms with E-state index in [1.54, 1.807) is 11.9 Å². The molecule has 0 unspecified atom stereocenters. The number of aliphatic hydroxyl groups is 2. The van der Waals surface area contributed by atoms with Gasteiger partial charge in [0.2, 0.25) is 0 Å². The summed E-state index contributed by atoms with van der Waals surface area (Å²) in [5.41, 5.74) is 0.426. The lowest BCUT2D eigenvalue weighted by Crippen LogP contribution is -2.39. The van der Waals surface area contributed by atoms with Gasteiger partial charge < -0.3 is 15.1 Å². The summed E-state index contributed by atoms with van der Waals surface area (Å²) in [6.45, 7) is 0.222. The van der Waals surface area contributed by atoms with Crippen LogP contribution in [0.4, 0.5) is 4.39 Å². The maximum absolute atomic E-state index is 13.8. The molecule has 0 heterocycles. The first-order chi connectivity index (χ1) is 10.0. The van der Waals surface area contributed by atoms with Crippen LogP contribution in [0, 0.1) is 23.6 Å². The Morgan fingerprint density at radius 1 is 1.48 bits per heavy atom. The van der Waals surface area contributed by atoms with Crippen LogP contribution in [0.25, 0.3) is 0 Å². The number of benzene rings is 1. The SMILES string of the molecule is CN(CC1CC(O)C1)C(=O)c1ccc(C#CCO)c(F)c1. The fraction of sp³-hybridized carbons (Fsp3) is 0.438. The number of nitrogens with zero attached hydrogens (tertiary/aromatic N) is 1. The summed E-state index contributed by atoms with van der Waals surface area (Å²) < 4.78 is 13.8. The predicted octanol–water partition coefficient (Wildman–Crippen LogP) is 1.01. The van der Waals surface area contributed by atoms with E-state index in [-0.39, 0.29) is 29.7 Å². The van der Waals surface area contributed by atoms with Crippen molar-refractivity contribution in [2.45, 2.75) is 18.9 Å². The molecule has 1 fully saturated rings. The zero-order chi connectivity index (χ0) is 15.4. The maximum atomic E-state index is 13.8. The van der Waals surface area contributed by atoms with E-state index in [1.807, 2.05) is 0 Å². The Balaban J connectivity index is 2.03. The van der Waals surface area contributed by atoms with Crippen LogP contribution in [0.2, 0.25) is 0 Å². The fourth-order valence-electron chi connectivity index (χ4n) is 2.42. The number of hydrogen-bond donors (Lipinski definition) is 2. The van der Waals surface area contributed by atoms with Crippen molar-refractivity contribution < 1.29 is 19.4 Å². The summed E-state index contributed by atoms with van der Waals surface area (Å²) in [6, 6.07) is 4.13. The van der Waals surface area contributed by atoms with Crippen molar-refractivity contribution in [3.8, 4) is 11.8 Å². The van der Waals surface area contributed by atoms with E-state index in [9.17, 15) is 14.3 Å². The summed E-state index contributed by atoms with van der Waals surface area (Å²) >= 11 is 0. The first-order valence-corrected chi connectivity index (χ1v) is 6.84. The fourth-order valence-corrected chi connectivity index (χ4v) is 2.42. The van der Waals surface area contributed by atoms with Gasteiger partial charge in [-0.1, -0.05) is 11.8 Å². The summed E-state index contributed by atoms with van der Waals surface area (Å²) in [5, 5.41) is 17.8. The van der Waals surface area contributed by atoms with Crippen LogP contribution in [0.5, 0.6) is 0 Å². The second kappa shape index (κ2) is 6.70. The zero-order valence-corrected chi connectivity index (χ0v) is 11.8. The average Bonchev–Trinajstić information content (AvgIpc) is 2.43. The van der Waals surface area contributed by atoms with Crippen LogP contribution >= 0.6 is 0 Å². The van der Waals surface area contributed by atoms with Gasteiger partial charge in [0.25, 0.3) is 5.91 Å². The second-order valence-electron chi connectivity index (χ2n) is 5.33. The van der Waals surface area contributed by atoms with Gasteiger partial charge in [0, 0.05) is 19.2 Å². The Hall–Kier alpha value is -1.90. The number of aliphatic hydroxyl groups excluding tert-OH is 2. The van der Waals surface area contributed by atoms with Gasteiger partial charge in [-0.25, -0.2) is 4.39 Å². The molecule has 1 saturated carbocycles. The van der Waals surface area contributed by atoms with Gasteiger partial charge in [-0.2, -0.15) is 0 Å². The summed E-state index contributed by atoms with van der Waals surface area (Å²) in [5.74, 6) is 4.34. The average molecular weight is 291 g/mol. The normalized spacial score (nSPS) is 20.2. The van der Waals surface area contributed by atoms with Crippen LogP contribution in [0.3, 0.4) is 0 Å². The predicted molar refractivity (Wildman–Crippen MR) is 76.1 cm³/mol. The summed E-state index contributed by atoms with van der Waals surface area (Å²) in [6.07, 6.45) is 1.17. The minimum Gasteiger partial charge on any atom is -0.393 e. The van der Waals surface area contributed by atoms with E-state index in [1.165, 1.54) is 12.1 Å². The minimum absolute atomic E-state index is 0.158. The highest BCUT2D eigenvalue weighted by atomic mass is 19.1. The van der Waals surface area contributed by atoms with E-state index in [0.717, 1.165) is 6.07 Å². The lowest BCUT2D eigenvalue weighted by molar-refractivity contribution is 0.0265. The number of rotatable bonds is 3. The van der Waals surface area contributed by atoms with Crippen LogP contribution in [0.1, 0.15) is 28.8 Å². The molecule has 1 aliphatic carbocycles. The molecule has 1 aliphatic rings. The highest BCUT2D eigenvalue weighted by Gasteiger charge is 2.29. The number of carbonyl (C=O) groups excluding carboxylic acids is 1.